The summed E-state index contributed by atoms with van der Waals surface area (Å²) in [5, 5.41) is 11.6. The van der Waals surface area contributed by atoms with Gasteiger partial charge in [0.2, 0.25) is 5.91 Å². The van der Waals surface area contributed by atoms with Gasteiger partial charge in [-0.1, -0.05) is 20.8 Å². The molecule has 4 nitrogen and oxygen atoms in total. The summed E-state index contributed by atoms with van der Waals surface area (Å²) in [6, 6.07) is -0.416. The molecule has 0 radical (unpaired) electrons. The third kappa shape index (κ3) is 6.47. The lowest BCUT2D eigenvalue weighted by molar-refractivity contribution is -0.123. The highest BCUT2D eigenvalue weighted by atomic mass is 16.3. The highest BCUT2D eigenvalue weighted by Crippen LogP contribution is 2.03. The van der Waals surface area contributed by atoms with Crippen molar-refractivity contribution in [1.82, 2.24) is 5.32 Å². The Hall–Kier alpha value is -0.610. The van der Waals surface area contributed by atoms with Gasteiger partial charge in [-0.05, 0) is 24.7 Å². The Morgan fingerprint density at radius 3 is 2.47 bits per heavy atom. The van der Waals surface area contributed by atoms with Crippen molar-refractivity contribution >= 4 is 5.91 Å². The molecule has 0 aliphatic carbocycles. The molecule has 4 heteroatoms. The van der Waals surface area contributed by atoms with Crippen LogP contribution in [0.3, 0.4) is 0 Å². The van der Waals surface area contributed by atoms with Crippen molar-refractivity contribution < 1.29 is 9.90 Å². The van der Waals surface area contributed by atoms with E-state index in [-0.39, 0.29) is 18.4 Å². The zero-order chi connectivity index (χ0) is 11.8. The number of aliphatic hydroxyl groups is 1. The predicted molar refractivity (Wildman–Crippen MR) is 61.3 cm³/mol. The van der Waals surface area contributed by atoms with Crippen LogP contribution in [0.5, 0.6) is 0 Å². The molecule has 2 atom stereocenters. The van der Waals surface area contributed by atoms with Crippen LogP contribution in [0.2, 0.25) is 0 Å². The second-order valence-corrected chi connectivity index (χ2v) is 4.49. The molecule has 1 amide bonds. The smallest absolute Gasteiger partial charge is 0.237 e. The number of nitrogens with one attached hydrogen (secondary N) is 1. The van der Waals surface area contributed by atoms with Crippen molar-refractivity contribution in [3.63, 3.8) is 0 Å². The van der Waals surface area contributed by atoms with E-state index in [4.69, 9.17) is 10.8 Å². The minimum Gasteiger partial charge on any atom is -0.396 e. The number of aliphatic hydroxyl groups excluding tert-OH is 1. The Morgan fingerprint density at radius 2 is 2.00 bits per heavy atom. The van der Waals surface area contributed by atoms with Gasteiger partial charge in [0.25, 0.3) is 0 Å². The molecule has 0 aliphatic rings. The Balaban J connectivity index is 3.55. The maximum absolute atomic E-state index is 11.4. The highest BCUT2D eigenvalue weighted by Gasteiger charge is 2.16. The lowest BCUT2D eigenvalue weighted by Crippen LogP contribution is -2.44. The summed E-state index contributed by atoms with van der Waals surface area (Å²) in [7, 11) is 0. The molecule has 1 unspecified atom stereocenters. The van der Waals surface area contributed by atoms with Gasteiger partial charge in [-0.3, -0.25) is 4.79 Å². The van der Waals surface area contributed by atoms with Gasteiger partial charge in [0.05, 0.1) is 6.04 Å². The fraction of sp³-hybridized carbons (Fsp3) is 0.909. The fourth-order valence-corrected chi connectivity index (χ4v) is 1.17. The first-order valence-corrected chi connectivity index (χ1v) is 5.63. The summed E-state index contributed by atoms with van der Waals surface area (Å²) in [5.41, 5.74) is 5.68. The van der Waals surface area contributed by atoms with E-state index >= 15 is 0 Å². The number of nitrogens with two attached hydrogens (primary N) is 1. The van der Waals surface area contributed by atoms with Crippen LogP contribution in [0.1, 0.15) is 33.6 Å². The van der Waals surface area contributed by atoms with E-state index in [0.717, 1.165) is 12.8 Å². The van der Waals surface area contributed by atoms with Crippen molar-refractivity contribution in [2.75, 3.05) is 13.2 Å². The molecule has 0 fully saturated rings. The van der Waals surface area contributed by atoms with Crippen LogP contribution >= 0.6 is 0 Å². The molecule has 0 aromatic carbocycles. The molecule has 0 aromatic heterocycles. The quantitative estimate of drug-likeness (QED) is 0.542. The molecular formula is C11H24N2O2. The van der Waals surface area contributed by atoms with E-state index in [0.29, 0.717) is 12.5 Å². The van der Waals surface area contributed by atoms with Crippen LogP contribution in [0, 0.1) is 11.8 Å². The molecule has 0 saturated carbocycles. The minimum atomic E-state index is -0.416. The highest BCUT2D eigenvalue weighted by molar-refractivity contribution is 5.81. The van der Waals surface area contributed by atoms with Gasteiger partial charge in [0.1, 0.15) is 0 Å². The van der Waals surface area contributed by atoms with E-state index < -0.39 is 6.04 Å². The number of rotatable bonds is 7. The molecule has 4 N–H and O–H groups in total. The molecule has 0 heterocycles. The lowest BCUT2D eigenvalue weighted by Gasteiger charge is -2.15. The topological polar surface area (TPSA) is 75.3 Å². The van der Waals surface area contributed by atoms with Crippen molar-refractivity contribution in [1.29, 1.82) is 0 Å². The molecule has 90 valence electrons. The molecule has 15 heavy (non-hydrogen) atoms. The minimum absolute atomic E-state index is 0.0818. The molecule has 0 bridgehead atoms. The van der Waals surface area contributed by atoms with Crippen LogP contribution in [0.25, 0.3) is 0 Å². The van der Waals surface area contributed by atoms with Gasteiger partial charge < -0.3 is 16.2 Å². The summed E-state index contributed by atoms with van der Waals surface area (Å²) in [6.45, 7) is 6.70. The van der Waals surface area contributed by atoms with Crippen molar-refractivity contribution in [3.8, 4) is 0 Å². The summed E-state index contributed by atoms with van der Waals surface area (Å²) in [6.07, 6.45) is 1.81. The molecule has 0 saturated heterocycles. The van der Waals surface area contributed by atoms with Crippen molar-refractivity contribution in [2.45, 2.75) is 39.7 Å². The number of hydrogen-bond donors (Lipinski definition) is 3. The summed E-state index contributed by atoms with van der Waals surface area (Å²) in [4.78, 5) is 11.4. The zero-order valence-corrected chi connectivity index (χ0v) is 9.99. The number of amides is 1. The lowest BCUT2D eigenvalue weighted by atomic mass is 10.0. The van der Waals surface area contributed by atoms with Gasteiger partial charge in [-0.15, -0.1) is 0 Å². The van der Waals surface area contributed by atoms with Gasteiger partial charge in [0, 0.05) is 13.2 Å². The molecule has 0 rings (SSSR count). The number of carbonyl (C=O) groups is 1. The Morgan fingerprint density at radius 1 is 1.40 bits per heavy atom. The summed E-state index contributed by atoms with van der Waals surface area (Å²) in [5.74, 6) is 0.392. The first kappa shape index (κ1) is 14.4. The largest absolute Gasteiger partial charge is 0.396 e. The molecule has 0 aliphatic heterocycles. The van der Waals surface area contributed by atoms with Crippen LogP contribution in [0.15, 0.2) is 0 Å². The first-order chi connectivity index (χ1) is 6.99. The molecule has 0 aromatic rings. The molecular weight excluding hydrogens is 192 g/mol. The summed E-state index contributed by atoms with van der Waals surface area (Å²) >= 11 is 0. The number of carbonyl (C=O) groups excluding carboxylic acids is 1. The van der Waals surface area contributed by atoms with E-state index in [1.54, 1.807) is 0 Å². The van der Waals surface area contributed by atoms with Gasteiger partial charge in [-0.2, -0.15) is 0 Å². The van der Waals surface area contributed by atoms with Crippen molar-refractivity contribution in [2.24, 2.45) is 17.6 Å². The van der Waals surface area contributed by atoms with Crippen LogP contribution in [0.4, 0.5) is 0 Å². The Labute approximate surface area is 92.2 Å². The third-order valence-electron chi connectivity index (χ3n) is 2.51. The van der Waals surface area contributed by atoms with E-state index in [1.165, 1.54) is 0 Å². The van der Waals surface area contributed by atoms with E-state index in [2.05, 4.69) is 5.32 Å². The van der Waals surface area contributed by atoms with Crippen LogP contribution in [-0.4, -0.2) is 30.2 Å². The van der Waals surface area contributed by atoms with E-state index in [9.17, 15) is 4.79 Å². The maximum Gasteiger partial charge on any atom is 0.237 e. The monoisotopic (exact) mass is 216 g/mol. The summed E-state index contributed by atoms with van der Waals surface area (Å²) < 4.78 is 0. The Kier molecular flexibility index (Phi) is 7.34. The van der Waals surface area contributed by atoms with Gasteiger partial charge >= 0.3 is 0 Å². The van der Waals surface area contributed by atoms with Crippen LogP contribution < -0.4 is 11.1 Å². The second-order valence-electron chi connectivity index (χ2n) is 4.49. The average molecular weight is 216 g/mol. The standard InChI is InChI=1S/C11H24N2O2/c1-8(2)10(12)11(15)13-6-4-5-9(3)7-14/h8-10,14H,4-7,12H2,1-3H3,(H,13,15)/t9?,10-/m1/s1. The fourth-order valence-electron chi connectivity index (χ4n) is 1.17. The van der Waals surface area contributed by atoms with Gasteiger partial charge in [-0.25, -0.2) is 0 Å². The SMILES string of the molecule is CC(CO)CCCNC(=O)[C@H](N)C(C)C. The van der Waals surface area contributed by atoms with Gasteiger partial charge in [0.15, 0.2) is 0 Å². The molecule has 0 spiro atoms. The van der Waals surface area contributed by atoms with Crippen LogP contribution in [-0.2, 0) is 4.79 Å². The third-order valence-corrected chi connectivity index (χ3v) is 2.51. The first-order valence-electron chi connectivity index (χ1n) is 5.63. The normalized spacial score (nSPS) is 15.1. The zero-order valence-electron chi connectivity index (χ0n) is 9.99. The van der Waals surface area contributed by atoms with Crippen molar-refractivity contribution in [3.05, 3.63) is 0 Å². The maximum atomic E-state index is 11.4. The number of hydrogen-bond acceptors (Lipinski definition) is 3. The predicted octanol–water partition coefficient (Wildman–Crippen LogP) is 0.494. The Bertz CT molecular complexity index is 183. The van der Waals surface area contributed by atoms with E-state index in [1.807, 2.05) is 20.8 Å². The average Bonchev–Trinajstić information content (AvgIpc) is 2.22. The second kappa shape index (κ2) is 7.65.